The van der Waals surface area contributed by atoms with Gasteiger partial charge in [-0.2, -0.15) is 5.26 Å². The summed E-state index contributed by atoms with van der Waals surface area (Å²) in [7, 11) is 0. The molecule has 17 nitrogen and oxygen atoms in total. The number of guanidine groups is 1. The number of β-lactam (4-membered cyclic amide) rings is 1. The number of rotatable bonds is 9. The molecule has 5 rings (SSSR count). The van der Waals surface area contributed by atoms with E-state index in [0.29, 0.717) is 17.9 Å². The van der Waals surface area contributed by atoms with Gasteiger partial charge in [0.2, 0.25) is 17.7 Å². The molecule has 1 aromatic heterocycles. The highest BCUT2D eigenvalue weighted by molar-refractivity contribution is 8.03. The maximum atomic E-state index is 13.2. The Morgan fingerprint density at radius 1 is 1.38 bits per heavy atom. The predicted octanol–water partition coefficient (Wildman–Crippen LogP) is -2.75. The molecular weight excluding hydrogens is 568 g/mol. The predicted molar refractivity (Wildman–Crippen MR) is 146 cm³/mol. The molecule has 3 fully saturated rings. The van der Waals surface area contributed by atoms with E-state index >= 15 is 0 Å². The zero-order valence-electron chi connectivity index (χ0n) is 22.9. The molecule has 4 aliphatic heterocycles. The molecule has 0 aromatic carbocycles. The summed E-state index contributed by atoms with van der Waals surface area (Å²) in [6.45, 7) is 4.43. The number of carbonyl (C=O) groups is 4. The highest BCUT2D eigenvalue weighted by Gasteiger charge is 2.60. The Bertz CT molecular complexity index is 1360. The van der Waals surface area contributed by atoms with Crippen LogP contribution in [0.1, 0.15) is 20.3 Å². The van der Waals surface area contributed by atoms with Gasteiger partial charge in [0.15, 0.2) is 5.96 Å². The van der Waals surface area contributed by atoms with Gasteiger partial charge in [0.05, 0.1) is 36.0 Å². The van der Waals surface area contributed by atoms with Gasteiger partial charge in [0.25, 0.3) is 0 Å². The van der Waals surface area contributed by atoms with Crippen LogP contribution in [0.4, 0.5) is 0 Å². The number of likely N-dealkylation sites (tertiary alicyclic amines) is 1. The molecule has 224 valence electrons. The lowest BCUT2D eigenvalue weighted by molar-refractivity contribution is -0.158. The van der Waals surface area contributed by atoms with Crippen molar-refractivity contribution in [3.63, 3.8) is 0 Å². The Morgan fingerprint density at radius 2 is 2.14 bits per heavy atom. The van der Waals surface area contributed by atoms with E-state index in [2.05, 4.69) is 37.5 Å². The normalized spacial score (nSPS) is 30.9. The molecule has 42 heavy (non-hydrogen) atoms. The number of nitriles is 1. The first-order valence-electron chi connectivity index (χ1n) is 13.5. The molecule has 0 radical (unpaired) electrons. The van der Waals surface area contributed by atoms with Gasteiger partial charge in [-0.1, -0.05) is 6.92 Å². The first kappa shape index (κ1) is 29.3. The molecular formula is C24H32N12O5S. The van der Waals surface area contributed by atoms with E-state index in [1.54, 1.807) is 11.8 Å². The summed E-state index contributed by atoms with van der Waals surface area (Å²) >= 11 is 1.37. The van der Waals surface area contributed by atoms with Crippen molar-refractivity contribution in [3.05, 3.63) is 16.9 Å². The number of fused-ring (bicyclic) bond motifs is 1. The first-order valence-corrected chi connectivity index (χ1v) is 14.4. The van der Waals surface area contributed by atoms with Crippen LogP contribution in [-0.4, -0.2) is 114 Å². The van der Waals surface area contributed by atoms with Crippen LogP contribution in [-0.2, 0) is 25.7 Å². The fourth-order valence-corrected chi connectivity index (χ4v) is 7.81. The Labute approximate surface area is 244 Å². The molecule has 4 aliphatic rings. The number of tetrazole rings is 1. The van der Waals surface area contributed by atoms with Crippen LogP contribution in [0.15, 0.2) is 16.9 Å². The van der Waals surface area contributed by atoms with Crippen molar-refractivity contribution in [2.75, 3.05) is 19.6 Å². The lowest BCUT2D eigenvalue weighted by Crippen LogP contribution is -2.66. The third-order valence-corrected chi connectivity index (χ3v) is 9.75. The summed E-state index contributed by atoms with van der Waals surface area (Å²) in [5.41, 5.74) is 5.38. The van der Waals surface area contributed by atoms with Crippen LogP contribution in [0.5, 0.6) is 0 Å². The number of hydrogen-bond donors (Lipinski definition) is 6. The third kappa shape index (κ3) is 5.36. The average Bonchev–Trinajstić information content (AvgIpc) is 3.71. The van der Waals surface area contributed by atoms with E-state index in [4.69, 9.17) is 11.1 Å². The van der Waals surface area contributed by atoms with E-state index < -0.39 is 42.0 Å². The molecule has 7 N–H and O–H groups in total. The molecule has 18 heteroatoms. The van der Waals surface area contributed by atoms with Crippen LogP contribution in [0, 0.1) is 34.5 Å². The van der Waals surface area contributed by atoms with Crippen LogP contribution in [0.2, 0.25) is 0 Å². The van der Waals surface area contributed by atoms with E-state index in [1.165, 1.54) is 27.7 Å². The summed E-state index contributed by atoms with van der Waals surface area (Å²) in [6.07, 6.45) is 1.75. The largest absolute Gasteiger partial charge is 0.477 e. The number of nitrogens with two attached hydrogens (primary N) is 1. The number of nitrogens with zero attached hydrogens (tertiary/aromatic N) is 7. The topological polar surface area (TPSA) is 248 Å². The van der Waals surface area contributed by atoms with Gasteiger partial charge in [-0.15, -0.1) is 16.9 Å². The summed E-state index contributed by atoms with van der Waals surface area (Å²) in [4.78, 5) is 54.7. The van der Waals surface area contributed by atoms with Crippen molar-refractivity contribution in [1.82, 2.24) is 46.0 Å². The number of aromatic nitrogens is 4. The van der Waals surface area contributed by atoms with Crippen LogP contribution >= 0.6 is 11.8 Å². The third-order valence-electron chi connectivity index (χ3n) is 8.24. The van der Waals surface area contributed by atoms with Crippen molar-refractivity contribution in [3.8, 4) is 6.07 Å². The first-order chi connectivity index (χ1) is 20.0. The lowest BCUT2D eigenvalue weighted by atomic mass is 9.78. The van der Waals surface area contributed by atoms with E-state index in [0.717, 1.165) is 0 Å². The number of carbonyl (C=O) groups excluding carboxylic acids is 3. The second kappa shape index (κ2) is 11.6. The molecule has 0 aliphatic carbocycles. The smallest absolute Gasteiger partial charge is 0.353 e. The second-order valence-electron chi connectivity index (χ2n) is 11.0. The standard InChI is InChI=1S/C24H32N12O5S/c1-10-18-17(11(2)30-16(37)8-35-9-29-32-33-35)22(39)36(18)19(23(40)41)20(10)42-13-3-14(28-5-13)21(38)34-6-12(4-25)15(7-34)31-24(26)27/h9-15,17-18,28H,3,5-8H2,1-2H3,(H,30,37)(H,40,41)(H4,26,27,31)/t10-,11-,12+,13+,14+,15+,17-,18-/m1/s1. The van der Waals surface area contributed by atoms with E-state index in [1.807, 2.05) is 6.92 Å². The van der Waals surface area contributed by atoms with E-state index in [-0.39, 0.29) is 60.2 Å². The van der Waals surface area contributed by atoms with Gasteiger partial charge in [-0.05, 0) is 23.8 Å². The van der Waals surface area contributed by atoms with Crippen LogP contribution in [0.25, 0.3) is 0 Å². The highest BCUT2D eigenvalue weighted by Crippen LogP contribution is 2.51. The Hall–Kier alpha value is -4.24. The summed E-state index contributed by atoms with van der Waals surface area (Å²) in [5.74, 6) is -3.73. The molecule has 3 amide bonds. The fraction of sp³-hybridized carbons (Fsp3) is 0.625. The van der Waals surface area contributed by atoms with Crippen LogP contribution in [0.3, 0.4) is 0 Å². The SMILES string of the molecule is C[C@@H](NC(=O)Cn1cnnn1)[C@H]1C(=O)N2C(C(=O)O)=C(S[C@@H]3CN[C@H](C(=O)N4C[C@H](NC(=N)N)[C@@H](C#N)C4)C3)[C@H](C)[C@H]12. The number of carboxylic acid groups (broad SMARTS) is 1. The molecule has 5 heterocycles. The number of hydrogen-bond acceptors (Lipinski definition) is 11. The molecule has 8 atom stereocenters. The Morgan fingerprint density at radius 3 is 2.79 bits per heavy atom. The number of thioether (sulfide) groups is 1. The zero-order chi connectivity index (χ0) is 30.3. The minimum atomic E-state index is -1.20. The van der Waals surface area contributed by atoms with Gasteiger partial charge in [-0.25, -0.2) is 9.48 Å². The number of carboxylic acids is 1. The molecule has 0 saturated carbocycles. The van der Waals surface area contributed by atoms with Crippen molar-refractivity contribution >= 4 is 41.4 Å². The van der Waals surface area contributed by atoms with E-state index in [9.17, 15) is 29.5 Å². The van der Waals surface area contributed by atoms with Crippen LogP contribution < -0.4 is 21.7 Å². The molecule has 3 saturated heterocycles. The number of nitrogens with one attached hydrogen (secondary N) is 4. The fourth-order valence-electron chi connectivity index (χ4n) is 6.33. The maximum Gasteiger partial charge on any atom is 0.353 e. The number of amides is 3. The zero-order valence-corrected chi connectivity index (χ0v) is 23.7. The average molecular weight is 601 g/mol. The minimum Gasteiger partial charge on any atom is -0.477 e. The Balaban J connectivity index is 1.21. The molecule has 0 unspecified atom stereocenters. The van der Waals surface area contributed by atoms with Gasteiger partial charge >= 0.3 is 5.97 Å². The minimum absolute atomic E-state index is 0.0460. The van der Waals surface area contributed by atoms with Crippen molar-refractivity contribution in [2.24, 2.45) is 23.5 Å². The lowest BCUT2D eigenvalue weighted by Gasteiger charge is -2.47. The summed E-state index contributed by atoms with van der Waals surface area (Å²) in [6, 6.07) is 0.270. The highest BCUT2D eigenvalue weighted by atomic mass is 32.2. The maximum absolute atomic E-state index is 13.2. The van der Waals surface area contributed by atoms with Crippen molar-refractivity contribution < 1.29 is 24.3 Å². The molecule has 0 spiro atoms. The van der Waals surface area contributed by atoms with Crippen molar-refractivity contribution in [2.45, 2.75) is 56.2 Å². The van der Waals surface area contributed by atoms with Gasteiger partial charge in [0, 0.05) is 41.7 Å². The Kier molecular flexibility index (Phi) is 8.06. The van der Waals surface area contributed by atoms with Crippen molar-refractivity contribution in [1.29, 1.82) is 10.7 Å². The quantitative estimate of drug-likeness (QED) is 0.0956. The monoisotopic (exact) mass is 600 g/mol. The second-order valence-corrected chi connectivity index (χ2v) is 12.3. The van der Waals surface area contributed by atoms with Gasteiger partial charge in [0.1, 0.15) is 18.6 Å². The molecule has 0 bridgehead atoms. The summed E-state index contributed by atoms with van der Waals surface area (Å²) < 4.78 is 1.26. The number of aliphatic carboxylic acids is 1. The summed E-state index contributed by atoms with van der Waals surface area (Å²) in [5, 5.41) is 46.3. The molecule has 1 aromatic rings. The van der Waals surface area contributed by atoms with Gasteiger partial charge < -0.3 is 36.6 Å². The van der Waals surface area contributed by atoms with Gasteiger partial charge in [-0.3, -0.25) is 19.8 Å².